The van der Waals surface area contributed by atoms with Gasteiger partial charge in [-0.05, 0) is 26.8 Å². The number of nitrogens with zero attached hydrogens (tertiary/aromatic N) is 1. The van der Waals surface area contributed by atoms with Crippen molar-refractivity contribution in [3.05, 3.63) is 45.4 Å². The highest BCUT2D eigenvalue weighted by molar-refractivity contribution is 7.09. The summed E-state index contributed by atoms with van der Waals surface area (Å²) in [6.45, 7) is 5.92. The van der Waals surface area contributed by atoms with Gasteiger partial charge in [0.25, 0.3) is 0 Å². The number of carbonyl (C=O) groups excluding carboxylic acids is 1. The summed E-state index contributed by atoms with van der Waals surface area (Å²) in [5.41, 5.74) is 2.95. The molecule has 1 unspecified atom stereocenters. The van der Waals surface area contributed by atoms with Crippen LogP contribution >= 0.6 is 11.3 Å². The molecular formula is C16H20N2O2S. The molecule has 0 bridgehead atoms. The summed E-state index contributed by atoms with van der Waals surface area (Å²) in [4.78, 5) is 16.4. The number of aryl methyl sites for hydroxylation is 2. The smallest absolute Gasteiger partial charge is 0.226 e. The van der Waals surface area contributed by atoms with Crippen molar-refractivity contribution >= 4 is 17.2 Å². The van der Waals surface area contributed by atoms with Gasteiger partial charge in [-0.25, -0.2) is 4.98 Å². The standard InChI is InChI=1S/C16H20N2O2S/c1-10-5-6-15(20-4)14(7-10)11(2)17-16(19)8-13-9-21-12(3)18-13/h5-7,9,11H,8H2,1-4H3,(H,17,19). The van der Waals surface area contributed by atoms with Gasteiger partial charge in [0.05, 0.1) is 30.3 Å². The Morgan fingerprint density at radius 1 is 1.43 bits per heavy atom. The van der Waals surface area contributed by atoms with Gasteiger partial charge in [-0.1, -0.05) is 17.7 Å². The molecule has 4 nitrogen and oxygen atoms in total. The minimum atomic E-state index is -0.105. The second-order valence-corrected chi connectivity index (χ2v) is 6.13. The SMILES string of the molecule is COc1ccc(C)cc1C(C)NC(=O)Cc1csc(C)n1. The fraction of sp³-hybridized carbons (Fsp3) is 0.375. The summed E-state index contributed by atoms with van der Waals surface area (Å²) in [6, 6.07) is 5.86. The Labute approximate surface area is 129 Å². The van der Waals surface area contributed by atoms with Crippen LogP contribution in [0.1, 0.15) is 34.8 Å². The van der Waals surface area contributed by atoms with Crippen molar-refractivity contribution < 1.29 is 9.53 Å². The third-order valence-electron chi connectivity index (χ3n) is 3.24. The number of hydrogen-bond acceptors (Lipinski definition) is 4. The Morgan fingerprint density at radius 3 is 2.81 bits per heavy atom. The summed E-state index contributed by atoms with van der Waals surface area (Å²) in [5.74, 6) is 0.759. The topological polar surface area (TPSA) is 51.2 Å². The van der Waals surface area contributed by atoms with Crippen molar-refractivity contribution in [2.75, 3.05) is 7.11 Å². The van der Waals surface area contributed by atoms with E-state index in [0.717, 1.165) is 27.6 Å². The van der Waals surface area contributed by atoms with Gasteiger partial charge in [0.2, 0.25) is 5.91 Å². The summed E-state index contributed by atoms with van der Waals surface area (Å²) >= 11 is 1.56. The van der Waals surface area contributed by atoms with Crippen molar-refractivity contribution in [2.45, 2.75) is 33.2 Å². The number of carbonyl (C=O) groups is 1. The summed E-state index contributed by atoms with van der Waals surface area (Å²) in [6.07, 6.45) is 0.308. The first-order valence-electron chi connectivity index (χ1n) is 6.84. The fourth-order valence-corrected chi connectivity index (χ4v) is 2.83. The minimum absolute atomic E-state index is 0.0311. The van der Waals surface area contributed by atoms with E-state index in [4.69, 9.17) is 4.74 Å². The number of nitrogens with one attached hydrogen (secondary N) is 1. The monoisotopic (exact) mass is 304 g/mol. The van der Waals surface area contributed by atoms with Crippen molar-refractivity contribution in [3.63, 3.8) is 0 Å². The normalized spacial score (nSPS) is 12.0. The molecule has 112 valence electrons. The summed E-state index contributed by atoms with van der Waals surface area (Å²) in [7, 11) is 1.64. The van der Waals surface area contributed by atoms with E-state index in [0.29, 0.717) is 6.42 Å². The lowest BCUT2D eigenvalue weighted by Gasteiger charge is -2.17. The van der Waals surface area contributed by atoms with E-state index >= 15 is 0 Å². The predicted octanol–water partition coefficient (Wildman–Crippen LogP) is 3.19. The lowest BCUT2D eigenvalue weighted by atomic mass is 10.0. The maximum absolute atomic E-state index is 12.1. The second kappa shape index (κ2) is 6.72. The average molecular weight is 304 g/mol. The molecule has 5 heteroatoms. The van der Waals surface area contributed by atoms with E-state index in [1.165, 1.54) is 0 Å². The zero-order valence-electron chi connectivity index (χ0n) is 12.8. The van der Waals surface area contributed by atoms with Crippen molar-refractivity contribution in [2.24, 2.45) is 0 Å². The van der Waals surface area contributed by atoms with Crippen LogP contribution in [0.4, 0.5) is 0 Å². The maximum Gasteiger partial charge on any atom is 0.226 e. The molecule has 0 aliphatic carbocycles. The highest BCUT2D eigenvalue weighted by Crippen LogP contribution is 2.26. The number of ether oxygens (including phenoxy) is 1. The lowest BCUT2D eigenvalue weighted by Crippen LogP contribution is -2.28. The van der Waals surface area contributed by atoms with E-state index in [-0.39, 0.29) is 11.9 Å². The van der Waals surface area contributed by atoms with E-state index in [1.54, 1.807) is 18.4 Å². The molecule has 2 rings (SSSR count). The van der Waals surface area contributed by atoms with Crippen LogP contribution in [0.2, 0.25) is 0 Å². The molecule has 1 aromatic carbocycles. The summed E-state index contributed by atoms with van der Waals surface area (Å²) < 4.78 is 5.36. The molecule has 2 aromatic rings. The number of amides is 1. The molecule has 0 saturated heterocycles. The number of hydrogen-bond donors (Lipinski definition) is 1. The Hall–Kier alpha value is -1.88. The van der Waals surface area contributed by atoms with E-state index < -0.39 is 0 Å². The molecule has 21 heavy (non-hydrogen) atoms. The number of benzene rings is 1. The predicted molar refractivity (Wildman–Crippen MR) is 84.8 cm³/mol. The molecule has 0 spiro atoms. The second-order valence-electron chi connectivity index (χ2n) is 5.07. The van der Waals surface area contributed by atoms with Gasteiger partial charge in [0.15, 0.2) is 0 Å². The first-order chi connectivity index (χ1) is 9.99. The lowest BCUT2D eigenvalue weighted by molar-refractivity contribution is -0.121. The first-order valence-corrected chi connectivity index (χ1v) is 7.72. The van der Waals surface area contributed by atoms with E-state index in [9.17, 15) is 4.79 Å². The largest absolute Gasteiger partial charge is 0.496 e. The highest BCUT2D eigenvalue weighted by Gasteiger charge is 2.15. The fourth-order valence-electron chi connectivity index (χ4n) is 2.22. The summed E-state index contributed by atoms with van der Waals surface area (Å²) in [5, 5.41) is 5.90. The van der Waals surface area contributed by atoms with Crippen molar-refractivity contribution in [1.29, 1.82) is 0 Å². The third-order valence-corrected chi connectivity index (χ3v) is 4.06. The quantitative estimate of drug-likeness (QED) is 0.923. The average Bonchev–Trinajstić information content (AvgIpc) is 2.83. The Bertz CT molecular complexity index is 637. The van der Waals surface area contributed by atoms with Crippen molar-refractivity contribution in [3.8, 4) is 5.75 Å². The molecule has 1 atom stereocenters. The van der Waals surface area contributed by atoms with Crippen LogP contribution in [0, 0.1) is 13.8 Å². The molecule has 1 N–H and O–H groups in total. The van der Waals surface area contributed by atoms with Gasteiger partial charge in [0.1, 0.15) is 5.75 Å². The molecule has 0 radical (unpaired) electrons. The first kappa shape index (κ1) is 15.5. The van der Waals surface area contributed by atoms with Gasteiger partial charge in [0, 0.05) is 10.9 Å². The van der Waals surface area contributed by atoms with Crippen LogP contribution in [0.5, 0.6) is 5.75 Å². The van der Waals surface area contributed by atoms with Crippen LogP contribution < -0.4 is 10.1 Å². The Balaban J connectivity index is 2.05. The molecule has 0 aliphatic heterocycles. The zero-order valence-corrected chi connectivity index (χ0v) is 13.6. The van der Waals surface area contributed by atoms with Crippen LogP contribution in [0.25, 0.3) is 0 Å². The molecule has 1 aromatic heterocycles. The van der Waals surface area contributed by atoms with Gasteiger partial charge >= 0.3 is 0 Å². The van der Waals surface area contributed by atoms with Crippen LogP contribution in [0.15, 0.2) is 23.6 Å². The molecule has 0 aliphatic rings. The Morgan fingerprint density at radius 2 is 2.19 bits per heavy atom. The van der Waals surface area contributed by atoms with E-state index in [2.05, 4.69) is 10.3 Å². The van der Waals surface area contributed by atoms with Gasteiger partial charge in [-0.2, -0.15) is 0 Å². The molecule has 0 fully saturated rings. The molecular weight excluding hydrogens is 284 g/mol. The van der Waals surface area contributed by atoms with Gasteiger partial charge in [-0.3, -0.25) is 4.79 Å². The van der Waals surface area contributed by atoms with Crippen molar-refractivity contribution in [1.82, 2.24) is 10.3 Å². The van der Waals surface area contributed by atoms with Crippen LogP contribution in [-0.2, 0) is 11.2 Å². The minimum Gasteiger partial charge on any atom is -0.496 e. The molecule has 1 heterocycles. The molecule has 1 amide bonds. The number of aromatic nitrogens is 1. The maximum atomic E-state index is 12.1. The number of rotatable bonds is 5. The molecule has 0 saturated carbocycles. The number of thiazole rings is 1. The van der Waals surface area contributed by atoms with Gasteiger partial charge in [-0.15, -0.1) is 11.3 Å². The van der Waals surface area contributed by atoms with Crippen LogP contribution in [-0.4, -0.2) is 18.0 Å². The highest BCUT2D eigenvalue weighted by atomic mass is 32.1. The van der Waals surface area contributed by atoms with Crippen LogP contribution in [0.3, 0.4) is 0 Å². The Kier molecular flexibility index (Phi) is 4.96. The third kappa shape index (κ3) is 4.04. The zero-order chi connectivity index (χ0) is 15.4. The van der Waals surface area contributed by atoms with E-state index in [1.807, 2.05) is 44.4 Å². The van der Waals surface area contributed by atoms with Gasteiger partial charge < -0.3 is 10.1 Å². The number of methoxy groups -OCH3 is 1.